The second kappa shape index (κ2) is 4.49. The van der Waals surface area contributed by atoms with Crippen molar-refractivity contribution in [1.82, 2.24) is 4.81 Å². The molecule has 15 heavy (non-hydrogen) atoms. The molecule has 0 amide bonds. The van der Waals surface area contributed by atoms with Crippen molar-refractivity contribution in [2.75, 3.05) is 13.1 Å². The highest BCUT2D eigenvalue weighted by Crippen LogP contribution is 2.47. The first-order valence-corrected chi connectivity index (χ1v) is 7.19. The maximum atomic E-state index is 2.87. The number of hydrogen-bond acceptors (Lipinski definition) is 1. The molecule has 3 rings (SSSR count). The number of piperidine rings is 1. The van der Waals surface area contributed by atoms with Crippen molar-refractivity contribution in [2.45, 2.75) is 69.4 Å². The van der Waals surface area contributed by atoms with E-state index in [1.165, 1.54) is 70.9 Å². The molecule has 3 aliphatic heterocycles. The maximum Gasteiger partial charge on any atom is 0.229 e. The molecule has 1 nitrogen and oxygen atoms in total. The average Bonchev–Trinajstić information content (AvgIpc) is 2.29. The molecule has 0 aliphatic carbocycles. The lowest BCUT2D eigenvalue weighted by Gasteiger charge is -2.47. The summed E-state index contributed by atoms with van der Waals surface area (Å²) < 4.78 is 0. The molecule has 0 unspecified atom stereocenters. The van der Waals surface area contributed by atoms with E-state index in [0.717, 1.165) is 18.5 Å². The molecule has 2 bridgehead atoms. The minimum Gasteiger partial charge on any atom is -0.341 e. The van der Waals surface area contributed by atoms with Gasteiger partial charge in [0.05, 0.1) is 0 Å². The van der Waals surface area contributed by atoms with Gasteiger partial charge in [0.15, 0.2) is 0 Å². The lowest BCUT2D eigenvalue weighted by atomic mass is 9.33. The monoisotopic (exact) mass is 205 g/mol. The van der Waals surface area contributed by atoms with Crippen LogP contribution in [0.1, 0.15) is 57.8 Å². The van der Waals surface area contributed by atoms with E-state index in [9.17, 15) is 0 Å². The predicted molar refractivity (Wildman–Crippen MR) is 66.4 cm³/mol. The standard InChI is InChI=1S/C13H24BN/c1-2-10-15(11-3-1)14-12-6-4-7-13(14)9-5-8-12/h12-13H,1-11H2. The first kappa shape index (κ1) is 10.2. The molecule has 0 saturated carbocycles. The van der Waals surface area contributed by atoms with Gasteiger partial charge in [-0.2, -0.15) is 0 Å². The van der Waals surface area contributed by atoms with Crippen molar-refractivity contribution in [1.29, 1.82) is 0 Å². The molecule has 0 aromatic heterocycles. The van der Waals surface area contributed by atoms with Crippen LogP contribution in [0, 0.1) is 0 Å². The summed E-state index contributed by atoms with van der Waals surface area (Å²) >= 11 is 0. The van der Waals surface area contributed by atoms with Crippen LogP contribution in [0.25, 0.3) is 0 Å². The van der Waals surface area contributed by atoms with E-state index in [4.69, 9.17) is 0 Å². The van der Waals surface area contributed by atoms with Crippen LogP contribution in [-0.2, 0) is 0 Å². The van der Waals surface area contributed by atoms with Crippen LogP contribution in [0.2, 0.25) is 11.6 Å². The van der Waals surface area contributed by atoms with Crippen LogP contribution in [0.15, 0.2) is 0 Å². The zero-order valence-corrected chi connectivity index (χ0v) is 9.96. The highest BCUT2D eigenvalue weighted by Gasteiger charge is 2.43. The predicted octanol–water partition coefficient (Wildman–Crippen LogP) is 3.57. The molecule has 0 aromatic rings. The lowest BCUT2D eigenvalue weighted by Crippen LogP contribution is -2.51. The van der Waals surface area contributed by atoms with Crippen molar-refractivity contribution in [3.8, 4) is 0 Å². The van der Waals surface area contributed by atoms with Gasteiger partial charge in [-0.15, -0.1) is 0 Å². The molecule has 84 valence electrons. The summed E-state index contributed by atoms with van der Waals surface area (Å²) in [5.41, 5.74) is 0. The molecule has 0 spiro atoms. The van der Waals surface area contributed by atoms with E-state index in [0.29, 0.717) is 0 Å². The number of nitrogens with zero attached hydrogens (tertiary/aromatic N) is 1. The largest absolute Gasteiger partial charge is 0.341 e. The van der Waals surface area contributed by atoms with Gasteiger partial charge in [-0.3, -0.25) is 0 Å². The van der Waals surface area contributed by atoms with Gasteiger partial charge in [-0.25, -0.2) is 0 Å². The highest BCUT2D eigenvalue weighted by atomic mass is 15.1. The molecule has 0 N–H and O–H groups in total. The summed E-state index contributed by atoms with van der Waals surface area (Å²) in [5.74, 6) is 2.16. The Morgan fingerprint density at radius 2 is 1.20 bits per heavy atom. The summed E-state index contributed by atoms with van der Waals surface area (Å²) in [6.07, 6.45) is 13.6. The van der Waals surface area contributed by atoms with Crippen LogP contribution < -0.4 is 0 Å². The van der Waals surface area contributed by atoms with E-state index < -0.39 is 0 Å². The van der Waals surface area contributed by atoms with E-state index in [-0.39, 0.29) is 0 Å². The molecule has 3 heterocycles. The fraction of sp³-hybridized carbons (Fsp3) is 1.00. The van der Waals surface area contributed by atoms with Gasteiger partial charge in [0, 0.05) is 0 Å². The molecule has 0 atom stereocenters. The van der Waals surface area contributed by atoms with Gasteiger partial charge in [-0.1, -0.05) is 44.9 Å². The smallest absolute Gasteiger partial charge is 0.229 e. The third-order valence-electron chi connectivity index (χ3n) is 5.08. The van der Waals surface area contributed by atoms with Crippen molar-refractivity contribution in [2.24, 2.45) is 0 Å². The van der Waals surface area contributed by atoms with Crippen LogP contribution in [-0.4, -0.2) is 24.7 Å². The molecule has 3 saturated heterocycles. The van der Waals surface area contributed by atoms with Crippen LogP contribution in [0.4, 0.5) is 0 Å². The second-order valence-electron chi connectivity index (χ2n) is 5.97. The van der Waals surface area contributed by atoms with Crippen LogP contribution in [0.3, 0.4) is 0 Å². The topological polar surface area (TPSA) is 3.24 Å². The summed E-state index contributed by atoms with van der Waals surface area (Å²) in [7, 11) is 0. The van der Waals surface area contributed by atoms with Crippen molar-refractivity contribution >= 4 is 6.85 Å². The average molecular weight is 205 g/mol. The Kier molecular flexibility index (Phi) is 3.05. The Labute approximate surface area is 94.7 Å². The Hall–Kier alpha value is 0.0249. The van der Waals surface area contributed by atoms with E-state index in [2.05, 4.69) is 4.81 Å². The quantitative estimate of drug-likeness (QED) is 0.591. The van der Waals surface area contributed by atoms with E-state index in [1.807, 2.05) is 0 Å². The van der Waals surface area contributed by atoms with Gasteiger partial charge in [0.2, 0.25) is 6.85 Å². The Morgan fingerprint density at radius 3 is 1.73 bits per heavy atom. The first-order valence-electron chi connectivity index (χ1n) is 7.19. The van der Waals surface area contributed by atoms with Gasteiger partial charge >= 0.3 is 0 Å². The lowest BCUT2D eigenvalue weighted by molar-refractivity contribution is 0.309. The van der Waals surface area contributed by atoms with Gasteiger partial charge in [-0.05, 0) is 37.6 Å². The van der Waals surface area contributed by atoms with E-state index >= 15 is 0 Å². The molecule has 3 fully saturated rings. The summed E-state index contributed by atoms with van der Waals surface area (Å²) in [4.78, 5) is 2.87. The third kappa shape index (κ3) is 1.98. The Balaban J connectivity index is 1.71. The molecular weight excluding hydrogens is 181 g/mol. The highest BCUT2D eigenvalue weighted by molar-refractivity contribution is 6.59. The van der Waals surface area contributed by atoms with Gasteiger partial charge in [0.1, 0.15) is 0 Å². The Morgan fingerprint density at radius 1 is 0.667 bits per heavy atom. The Bertz CT molecular complexity index is 191. The zero-order valence-electron chi connectivity index (χ0n) is 9.96. The molecule has 0 radical (unpaired) electrons. The first-order chi connectivity index (χ1) is 7.45. The summed E-state index contributed by atoms with van der Waals surface area (Å²) in [6, 6.07) is 0. The maximum absolute atomic E-state index is 2.87. The summed E-state index contributed by atoms with van der Waals surface area (Å²) in [6.45, 7) is 3.84. The van der Waals surface area contributed by atoms with Crippen LogP contribution >= 0.6 is 0 Å². The van der Waals surface area contributed by atoms with Gasteiger partial charge < -0.3 is 4.81 Å². The molecule has 2 heteroatoms. The van der Waals surface area contributed by atoms with Crippen molar-refractivity contribution in [3.63, 3.8) is 0 Å². The number of fused-ring (bicyclic) bond motifs is 2. The minimum atomic E-state index is 1.01. The summed E-state index contributed by atoms with van der Waals surface area (Å²) in [5, 5.41) is 0. The fourth-order valence-corrected chi connectivity index (χ4v) is 4.45. The second-order valence-corrected chi connectivity index (χ2v) is 5.97. The zero-order chi connectivity index (χ0) is 10.1. The third-order valence-corrected chi connectivity index (χ3v) is 5.08. The molecular formula is C13H24BN. The molecule has 3 aliphatic rings. The van der Waals surface area contributed by atoms with Crippen LogP contribution in [0.5, 0.6) is 0 Å². The number of hydrogen-bond donors (Lipinski definition) is 0. The minimum absolute atomic E-state index is 1.01. The van der Waals surface area contributed by atoms with E-state index in [1.54, 1.807) is 0 Å². The SMILES string of the molecule is C1CCN(B2C3CCCC2CCC3)CC1. The molecule has 0 aromatic carbocycles. The van der Waals surface area contributed by atoms with Crippen molar-refractivity contribution < 1.29 is 0 Å². The van der Waals surface area contributed by atoms with Crippen molar-refractivity contribution in [3.05, 3.63) is 0 Å². The van der Waals surface area contributed by atoms with Gasteiger partial charge in [0.25, 0.3) is 0 Å². The fourth-order valence-electron chi connectivity index (χ4n) is 4.45. The number of rotatable bonds is 1. The normalized spacial score (nSPS) is 38.0.